The van der Waals surface area contributed by atoms with E-state index in [1.807, 2.05) is 5.32 Å². The van der Waals surface area contributed by atoms with E-state index >= 15 is 0 Å². The Morgan fingerprint density at radius 3 is 2.19 bits per heavy atom. The van der Waals surface area contributed by atoms with Gasteiger partial charge in [0.15, 0.2) is 12.4 Å². The summed E-state index contributed by atoms with van der Waals surface area (Å²) in [5.41, 5.74) is 0. The molecule has 1 heterocycles. The number of carbonyl (C=O) groups excluding carboxylic acids is 2. The number of carbonyl (C=O) groups is 3. The molecule has 1 rings (SSSR count). The Kier molecular flexibility index (Phi) is 9.82. The van der Waals surface area contributed by atoms with Gasteiger partial charge in [-0.1, -0.05) is 0 Å². The average molecular weight is 477 g/mol. The fraction of sp³-hybridized carbons (Fsp3) is 0.786. The molecule has 9 atom stereocenters. The first-order chi connectivity index (χ1) is 14.2. The van der Waals surface area contributed by atoms with Gasteiger partial charge in [-0.2, -0.15) is 8.42 Å². The molecule has 16 nitrogen and oxygen atoms in total. The molecule has 1 amide bonds. The molecule has 17 heteroatoms. The first kappa shape index (κ1) is 27.2. The Morgan fingerprint density at radius 2 is 1.74 bits per heavy atom. The monoisotopic (exact) mass is 477 g/mol. The first-order valence-corrected chi connectivity index (χ1v) is 9.84. The number of aliphatic hydroxyl groups is 5. The van der Waals surface area contributed by atoms with Crippen molar-refractivity contribution in [3.05, 3.63) is 0 Å². The van der Waals surface area contributed by atoms with Crippen molar-refractivity contribution in [1.82, 2.24) is 5.32 Å². The molecule has 0 aromatic carbocycles. The third kappa shape index (κ3) is 7.68. The lowest BCUT2D eigenvalue weighted by atomic mass is 9.98. The van der Waals surface area contributed by atoms with Crippen molar-refractivity contribution in [3.8, 4) is 0 Å². The van der Waals surface area contributed by atoms with Crippen molar-refractivity contribution in [2.24, 2.45) is 0 Å². The zero-order valence-electron chi connectivity index (χ0n) is 15.8. The third-order valence-electron chi connectivity index (χ3n) is 4.09. The lowest BCUT2D eigenvalue weighted by molar-refractivity contribution is -0.313. The van der Waals surface area contributed by atoms with Crippen molar-refractivity contribution < 1.29 is 71.7 Å². The van der Waals surface area contributed by atoms with E-state index in [0.717, 1.165) is 6.92 Å². The molecule has 0 saturated carbocycles. The van der Waals surface area contributed by atoms with Crippen LogP contribution in [0.1, 0.15) is 6.92 Å². The number of ether oxygens (including phenoxy) is 2. The van der Waals surface area contributed by atoms with Crippen LogP contribution in [0.4, 0.5) is 0 Å². The highest BCUT2D eigenvalue weighted by molar-refractivity contribution is 7.80. The van der Waals surface area contributed by atoms with Gasteiger partial charge in [-0.15, -0.1) is 0 Å². The molecule has 1 saturated heterocycles. The van der Waals surface area contributed by atoms with E-state index in [-0.39, 0.29) is 6.29 Å². The lowest BCUT2D eigenvalue weighted by Crippen LogP contribution is -2.63. The van der Waals surface area contributed by atoms with Gasteiger partial charge in [-0.25, -0.2) is 8.98 Å². The molecule has 180 valence electrons. The lowest BCUT2D eigenvalue weighted by Gasteiger charge is -2.41. The van der Waals surface area contributed by atoms with Crippen LogP contribution in [0.5, 0.6) is 0 Å². The van der Waals surface area contributed by atoms with E-state index in [4.69, 9.17) is 19.1 Å². The van der Waals surface area contributed by atoms with Crippen LogP contribution in [0.15, 0.2) is 0 Å². The topological polar surface area (TPSA) is 267 Å². The second-order valence-corrected chi connectivity index (χ2v) is 7.56. The summed E-state index contributed by atoms with van der Waals surface area (Å²) in [7, 11) is -5.03. The Bertz CT molecular complexity index is 744. The molecule has 9 unspecified atom stereocenters. The quantitative estimate of drug-likeness (QED) is 0.102. The van der Waals surface area contributed by atoms with Gasteiger partial charge in [0.2, 0.25) is 5.91 Å². The highest BCUT2D eigenvalue weighted by Gasteiger charge is 2.49. The minimum Gasteiger partial charge on any atom is -0.479 e. The third-order valence-corrected chi connectivity index (χ3v) is 4.53. The molecule has 0 spiro atoms. The molecule has 1 fully saturated rings. The van der Waals surface area contributed by atoms with Gasteiger partial charge >= 0.3 is 16.4 Å². The van der Waals surface area contributed by atoms with E-state index < -0.39 is 83.9 Å². The number of hydrogen-bond acceptors (Lipinski definition) is 13. The van der Waals surface area contributed by atoms with E-state index in [0.29, 0.717) is 0 Å². The molecular formula is C14H23NO15S. The normalized spacial score (nSPS) is 30.6. The number of aliphatic carboxylic acids is 1. The van der Waals surface area contributed by atoms with Crippen LogP contribution < -0.4 is 5.32 Å². The summed E-state index contributed by atoms with van der Waals surface area (Å²) < 4.78 is 43.7. The maximum Gasteiger partial charge on any atom is 0.397 e. The number of aldehydes is 1. The number of rotatable bonds is 11. The Labute approximate surface area is 174 Å². The molecule has 31 heavy (non-hydrogen) atoms. The van der Waals surface area contributed by atoms with Crippen LogP contribution >= 0.6 is 0 Å². The predicted octanol–water partition coefficient (Wildman–Crippen LogP) is -5.49. The van der Waals surface area contributed by atoms with E-state index in [1.54, 1.807) is 0 Å². The van der Waals surface area contributed by atoms with Gasteiger partial charge in [0.05, 0.1) is 6.61 Å². The number of carboxylic acids is 1. The fourth-order valence-corrected chi connectivity index (χ4v) is 2.91. The van der Waals surface area contributed by atoms with Gasteiger partial charge in [-0.05, 0) is 0 Å². The first-order valence-electron chi connectivity index (χ1n) is 8.47. The number of amides is 1. The summed E-state index contributed by atoms with van der Waals surface area (Å²) in [4.78, 5) is 33.9. The second kappa shape index (κ2) is 11.2. The molecule has 0 bridgehead atoms. The van der Waals surface area contributed by atoms with E-state index in [9.17, 15) is 48.3 Å². The number of aliphatic hydroxyl groups excluding tert-OH is 5. The van der Waals surface area contributed by atoms with Crippen LogP contribution in [0, 0.1) is 0 Å². The average Bonchev–Trinajstić information content (AvgIpc) is 2.66. The summed E-state index contributed by atoms with van der Waals surface area (Å²) >= 11 is 0. The summed E-state index contributed by atoms with van der Waals surface area (Å²) in [5, 5.41) is 60.8. The number of hydrogen-bond donors (Lipinski definition) is 8. The standard InChI is InChI=1S/C14H23NO15S/c1-4(17)15-5(2-16)11(7(19)6(18)3-28-31(25,26)27)29-14-10(22)8(20)9(21)12(30-14)13(23)24/h2,5-12,14,18-22H,3H2,1H3,(H,15,17)(H,23,24)(H,25,26,27). The summed E-state index contributed by atoms with van der Waals surface area (Å²) in [6, 6.07) is -1.77. The highest BCUT2D eigenvalue weighted by atomic mass is 32.3. The van der Waals surface area contributed by atoms with Crippen molar-refractivity contribution in [3.63, 3.8) is 0 Å². The van der Waals surface area contributed by atoms with Crippen molar-refractivity contribution >= 4 is 28.6 Å². The van der Waals surface area contributed by atoms with Gasteiger partial charge in [0, 0.05) is 6.92 Å². The van der Waals surface area contributed by atoms with Crippen LogP contribution in [0.2, 0.25) is 0 Å². The molecule has 8 N–H and O–H groups in total. The highest BCUT2D eigenvalue weighted by Crippen LogP contribution is 2.25. The van der Waals surface area contributed by atoms with E-state index in [1.165, 1.54) is 0 Å². The summed E-state index contributed by atoms with van der Waals surface area (Å²) in [6.45, 7) is -0.275. The molecule has 1 aliphatic rings. The van der Waals surface area contributed by atoms with Crippen LogP contribution in [0.25, 0.3) is 0 Å². The number of carboxylic acid groups (broad SMARTS) is 1. The van der Waals surface area contributed by atoms with Gasteiger partial charge < -0.3 is 50.2 Å². The van der Waals surface area contributed by atoms with Crippen LogP contribution in [-0.2, 0) is 38.4 Å². The fourth-order valence-electron chi connectivity index (χ4n) is 2.60. The molecule has 0 aromatic rings. The van der Waals surface area contributed by atoms with Crippen molar-refractivity contribution in [2.75, 3.05) is 6.61 Å². The maximum atomic E-state index is 11.4. The molecular weight excluding hydrogens is 454 g/mol. The van der Waals surface area contributed by atoms with Crippen molar-refractivity contribution in [1.29, 1.82) is 0 Å². The molecule has 1 aliphatic heterocycles. The van der Waals surface area contributed by atoms with Gasteiger partial charge in [0.25, 0.3) is 0 Å². The molecule has 0 radical (unpaired) electrons. The largest absolute Gasteiger partial charge is 0.479 e. The summed E-state index contributed by atoms with van der Waals surface area (Å²) in [5.74, 6) is -2.59. The Balaban J connectivity index is 3.16. The smallest absolute Gasteiger partial charge is 0.397 e. The van der Waals surface area contributed by atoms with Gasteiger partial charge in [-0.3, -0.25) is 9.35 Å². The predicted molar refractivity (Wildman–Crippen MR) is 92.4 cm³/mol. The summed E-state index contributed by atoms with van der Waals surface area (Å²) in [6.07, 6.45) is -17.0. The zero-order valence-corrected chi connectivity index (χ0v) is 16.6. The molecule has 0 aromatic heterocycles. The number of nitrogens with one attached hydrogen (secondary N) is 1. The molecule has 0 aliphatic carbocycles. The minimum atomic E-state index is -5.03. The van der Waals surface area contributed by atoms with Crippen LogP contribution in [0.3, 0.4) is 0 Å². The van der Waals surface area contributed by atoms with Crippen LogP contribution in [-0.4, -0.2) is 123 Å². The minimum absolute atomic E-state index is 0.0286. The second-order valence-electron chi connectivity index (χ2n) is 6.47. The SMILES string of the molecule is CC(=O)NC(C=O)C(OC1OC(C(=O)O)C(O)C(O)C1O)C(O)C(O)COS(=O)(=O)O. The Morgan fingerprint density at radius 1 is 1.16 bits per heavy atom. The Hall–Kier alpha value is -1.80. The van der Waals surface area contributed by atoms with Crippen molar-refractivity contribution in [2.45, 2.75) is 62.0 Å². The maximum absolute atomic E-state index is 11.4. The van der Waals surface area contributed by atoms with E-state index in [2.05, 4.69) is 4.18 Å². The zero-order chi connectivity index (χ0) is 24.1. The van der Waals surface area contributed by atoms with Gasteiger partial charge in [0.1, 0.15) is 49.0 Å².